The normalized spacial score (nSPS) is 11.1. The van der Waals surface area contributed by atoms with Crippen LogP contribution in [0.4, 0.5) is 27.8 Å². The molecule has 0 aliphatic carbocycles. The molecule has 0 aliphatic rings. The summed E-state index contributed by atoms with van der Waals surface area (Å²) in [6, 6.07) is 5.54. The number of rotatable bonds is 10. The summed E-state index contributed by atoms with van der Waals surface area (Å²) >= 11 is 0. The van der Waals surface area contributed by atoms with Gasteiger partial charge in [-0.25, -0.2) is 4.98 Å². The largest absolute Gasteiger partial charge is 0.493 e. The first kappa shape index (κ1) is 24.6. The van der Waals surface area contributed by atoms with Crippen LogP contribution in [0.5, 0.6) is 11.5 Å². The van der Waals surface area contributed by atoms with Crippen LogP contribution in [-0.2, 0) is 11.0 Å². The van der Waals surface area contributed by atoms with Crippen molar-refractivity contribution in [3.63, 3.8) is 0 Å². The van der Waals surface area contributed by atoms with E-state index in [1.807, 2.05) is 0 Å². The third-order valence-electron chi connectivity index (χ3n) is 3.90. The molecule has 0 aliphatic heterocycles. The second kappa shape index (κ2) is 11.1. The number of amides is 2. The lowest BCUT2D eigenvalue weighted by Crippen LogP contribution is -2.38. The second-order valence-corrected chi connectivity index (χ2v) is 6.10. The minimum absolute atomic E-state index is 0.0317. The number of hydrogen-bond donors (Lipinski definition) is 3. The molecule has 3 N–H and O–H groups in total. The van der Waals surface area contributed by atoms with Crippen LogP contribution in [-0.4, -0.2) is 50.2 Å². The van der Waals surface area contributed by atoms with Gasteiger partial charge < -0.3 is 25.4 Å². The number of hydrogen-bond acceptors (Lipinski definition) is 6. The Morgan fingerprint density at radius 3 is 2.50 bits per heavy atom. The fraction of sp³-hybridized carbons (Fsp3) is 0.316. The maximum atomic E-state index is 12.9. The number of nitrogens with one attached hydrogen (secondary N) is 3. The number of halogens is 5. The van der Waals surface area contributed by atoms with E-state index in [-0.39, 0.29) is 36.0 Å². The molecule has 32 heavy (non-hydrogen) atoms. The van der Waals surface area contributed by atoms with Crippen molar-refractivity contribution in [2.45, 2.75) is 12.8 Å². The Kier molecular flexibility index (Phi) is 8.55. The number of ether oxygens (including phenoxy) is 2. The van der Waals surface area contributed by atoms with Gasteiger partial charge in [-0.1, -0.05) is 0 Å². The second-order valence-electron chi connectivity index (χ2n) is 6.10. The number of aromatic nitrogens is 1. The van der Waals surface area contributed by atoms with Gasteiger partial charge in [0.2, 0.25) is 5.91 Å². The maximum Gasteiger partial charge on any atom is 0.419 e. The molecule has 1 aromatic heterocycles. The Morgan fingerprint density at radius 2 is 1.84 bits per heavy atom. The van der Waals surface area contributed by atoms with E-state index in [0.29, 0.717) is 0 Å². The SMILES string of the molecule is COc1cc(C(=O)NCC(=O)NCCNc2ncccc2C(F)(F)F)ccc1OC(F)F. The quantitative estimate of drug-likeness (QED) is 0.371. The standard InChI is InChI=1S/C19H19F5N4O4/c1-31-14-9-11(4-5-13(14)32-18(20)21)17(30)28-10-15(29)25-7-8-27-16-12(19(22,23)24)3-2-6-26-16/h2-6,9,18H,7-8,10H2,1H3,(H,25,29)(H,26,27)(H,28,30). The summed E-state index contributed by atoms with van der Waals surface area (Å²) in [4.78, 5) is 27.6. The van der Waals surface area contributed by atoms with Gasteiger partial charge in [-0.15, -0.1) is 0 Å². The average molecular weight is 462 g/mol. The van der Waals surface area contributed by atoms with Crippen molar-refractivity contribution >= 4 is 17.6 Å². The molecule has 0 atom stereocenters. The number of carbonyl (C=O) groups is 2. The summed E-state index contributed by atoms with van der Waals surface area (Å²) in [5.74, 6) is -1.99. The Balaban J connectivity index is 1.80. The van der Waals surface area contributed by atoms with E-state index in [2.05, 4.69) is 25.7 Å². The molecule has 13 heteroatoms. The van der Waals surface area contributed by atoms with Gasteiger partial charge in [0.15, 0.2) is 11.5 Å². The number of methoxy groups -OCH3 is 1. The lowest BCUT2D eigenvalue weighted by atomic mass is 10.2. The number of anilines is 1. The molecule has 2 amide bonds. The number of carbonyl (C=O) groups excluding carboxylic acids is 2. The molecule has 2 aromatic rings. The topological polar surface area (TPSA) is 102 Å². The number of pyridine rings is 1. The Morgan fingerprint density at radius 1 is 1.09 bits per heavy atom. The first-order valence-electron chi connectivity index (χ1n) is 9.05. The molecular formula is C19H19F5N4O4. The van der Waals surface area contributed by atoms with Crippen LogP contribution in [0.25, 0.3) is 0 Å². The van der Waals surface area contributed by atoms with Crippen LogP contribution in [0.3, 0.4) is 0 Å². The van der Waals surface area contributed by atoms with Crippen LogP contribution in [0.1, 0.15) is 15.9 Å². The summed E-state index contributed by atoms with van der Waals surface area (Å²) in [5.41, 5.74) is -0.897. The molecule has 0 saturated carbocycles. The first-order valence-corrected chi connectivity index (χ1v) is 9.05. The van der Waals surface area contributed by atoms with E-state index < -0.39 is 36.7 Å². The number of nitrogens with zero attached hydrogens (tertiary/aromatic N) is 1. The van der Waals surface area contributed by atoms with Crippen molar-refractivity contribution in [1.82, 2.24) is 15.6 Å². The minimum Gasteiger partial charge on any atom is -0.493 e. The van der Waals surface area contributed by atoms with Gasteiger partial charge in [0.1, 0.15) is 5.82 Å². The smallest absolute Gasteiger partial charge is 0.419 e. The molecule has 0 fully saturated rings. The summed E-state index contributed by atoms with van der Waals surface area (Å²) in [6.45, 7) is -3.56. The minimum atomic E-state index is -4.57. The van der Waals surface area contributed by atoms with Crippen LogP contribution in [0.2, 0.25) is 0 Å². The zero-order valence-electron chi connectivity index (χ0n) is 16.6. The van der Waals surface area contributed by atoms with Crippen LogP contribution in [0.15, 0.2) is 36.5 Å². The summed E-state index contributed by atoms with van der Waals surface area (Å²) in [5, 5.41) is 7.22. The summed E-state index contributed by atoms with van der Waals surface area (Å²) in [6.07, 6.45) is -3.37. The highest BCUT2D eigenvalue weighted by molar-refractivity contribution is 5.97. The lowest BCUT2D eigenvalue weighted by molar-refractivity contribution is -0.137. The van der Waals surface area contributed by atoms with E-state index >= 15 is 0 Å². The highest BCUT2D eigenvalue weighted by Crippen LogP contribution is 2.33. The molecule has 8 nitrogen and oxygen atoms in total. The van der Waals surface area contributed by atoms with E-state index in [9.17, 15) is 31.5 Å². The molecule has 174 valence electrons. The molecule has 0 unspecified atom stereocenters. The zero-order valence-corrected chi connectivity index (χ0v) is 16.6. The molecule has 0 radical (unpaired) electrons. The van der Waals surface area contributed by atoms with Gasteiger partial charge in [-0.3, -0.25) is 9.59 Å². The Hall–Kier alpha value is -3.64. The fourth-order valence-electron chi connectivity index (χ4n) is 2.49. The van der Waals surface area contributed by atoms with Crippen LogP contribution >= 0.6 is 0 Å². The first-order chi connectivity index (χ1) is 15.1. The number of benzene rings is 1. The van der Waals surface area contributed by atoms with Crippen LogP contribution < -0.4 is 25.4 Å². The van der Waals surface area contributed by atoms with E-state index in [1.54, 1.807) is 0 Å². The molecular weight excluding hydrogens is 443 g/mol. The molecule has 1 heterocycles. The molecule has 0 saturated heterocycles. The van der Waals surface area contributed by atoms with Crippen LogP contribution in [0, 0.1) is 0 Å². The Bertz CT molecular complexity index is 940. The third kappa shape index (κ3) is 7.25. The maximum absolute atomic E-state index is 12.9. The summed E-state index contributed by atoms with van der Waals surface area (Å²) in [7, 11) is 1.21. The Labute approximate surface area is 179 Å². The monoisotopic (exact) mass is 462 g/mol. The van der Waals surface area contributed by atoms with Crippen molar-refractivity contribution in [1.29, 1.82) is 0 Å². The van der Waals surface area contributed by atoms with Crippen molar-refractivity contribution < 1.29 is 41.0 Å². The van der Waals surface area contributed by atoms with Gasteiger partial charge in [-0.05, 0) is 30.3 Å². The van der Waals surface area contributed by atoms with Crippen molar-refractivity contribution in [2.24, 2.45) is 0 Å². The average Bonchev–Trinajstić information content (AvgIpc) is 2.74. The zero-order chi connectivity index (χ0) is 23.7. The van der Waals surface area contributed by atoms with Crippen molar-refractivity contribution in [2.75, 3.05) is 32.1 Å². The summed E-state index contributed by atoms with van der Waals surface area (Å²) < 4.78 is 72.5. The fourth-order valence-corrected chi connectivity index (χ4v) is 2.49. The van der Waals surface area contributed by atoms with Gasteiger partial charge in [0.05, 0.1) is 19.2 Å². The van der Waals surface area contributed by atoms with E-state index in [0.717, 1.165) is 18.2 Å². The third-order valence-corrected chi connectivity index (χ3v) is 3.90. The molecule has 1 aromatic carbocycles. The van der Waals surface area contributed by atoms with Gasteiger partial charge in [0, 0.05) is 24.8 Å². The van der Waals surface area contributed by atoms with Crippen molar-refractivity contribution in [3.05, 3.63) is 47.7 Å². The van der Waals surface area contributed by atoms with Gasteiger partial charge >= 0.3 is 12.8 Å². The highest BCUT2D eigenvalue weighted by atomic mass is 19.4. The predicted octanol–water partition coefficient (Wildman–Crippen LogP) is 2.67. The molecule has 0 spiro atoms. The molecule has 2 rings (SSSR count). The number of alkyl halides is 5. The van der Waals surface area contributed by atoms with E-state index in [1.165, 1.54) is 25.4 Å². The van der Waals surface area contributed by atoms with Crippen molar-refractivity contribution in [3.8, 4) is 11.5 Å². The highest BCUT2D eigenvalue weighted by Gasteiger charge is 2.33. The molecule has 0 bridgehead atoms. The lowest BCUT2D eigenvalue weighted by Gasteiger charge is -2.13. The predicted molar refractivity (Wildman–Crippen MR) is 103 cm³/mol. The van der Waals surface area contributed by atoms with E-state index in [4.69, 9.17) is 4.74 Å². The van der Waals surface area contributed by atoms with Gasteiger partial charge in [0.25, 0.3) is 5.91 Å². The van der Waals surface area contributed by atoms with Gasteiger partial charge in [-0.2, -0.15) is 22.0 Å².